The van der Waals surface area contributed by atoms with Crippen LogP contribution in [-0.4, -0.2) is 34.8 Å². The van der Waals surface area contributed by atoms with Crippen molar-refractivity contribution < 1.29 is 19.0 Å². The van der Waals surface area contributed by atoms with Gasteiger partial charge in [-0.3, -0.25) is 0 Å². The third-order valence-electron chi connectivity index (χ3n) is 3.96. The molecule has 1 aromatic rings. The van der Waals surface area contributed by atoms with Crippen LogP contribution in [0, 0.1) is 18.7 Å². The number of amides is 1. The Balaban J connectivity index is 2.06. The van der Waals surface area contributed by atoms with Gasteiger partial charge in [-0.25, -0.2) is 9.18 Å². The van der Waals surface area contributed by atoms with Crippen LogP contribution in [0.15, 0.2) is 18.2 Å². The number of aryl methyl sites for hydroxylation is 1. The molecule has 0 saturated carbocycles. The van der Waals surface area contributed by atoms with E-state index in [1.807, 2.05) is 20.8 Å². The van der Waals surface area contributed by atoms with Gasteiger partial charge in [0.15, 0.2) is 0 Å². The summed E-state index contributed by atoms with van der Waals surface area (Å²) in [6, 6.07) is 4.59. The molecule has 128 valence electrons. The summed E-state index contributed by atoms with van der Waals surface area (Å²) in [5, 5.41) is 10.6. The minimum absolute atomic E-state index is 0.113. The van der Waals surface area contributed by atoms with E-state index < -0.39 is 11.7 Å². The molecule has 0 radical (unpaired) electrons. The normalized spacial score (nSPS) is 20.3. The highest BCUT2D eigenvalue weighted by Crippen LogP contribution is 2.31. The van der Waals surface area contributed by atoms with Crippen molar-refractivity contribution in [2.45, 2.75) is 52.2 Å². The lowest BCUT2D eigenvalue weighted by Crippen LogP contribution is -2.44. The zero-order chi connectivity index (χ0) is 17.2. The molecule has 1 heterocycles. The number of carbonyl (C=O) groups is 1. The number of likely N-dealkylation sites (tertiary alicyclic amines) is 1. The first-order valence-electron chi connectivity index (χ1n) is 8.09. The highest BCUT2D eigenvalue weighted by Gasteiger charge is 2.31. The number of aliphatic hydroxyl groups excluding tert-OH is 1. The first kappa shape index (κ1) is 17.7. The van der Waals surface area contributed by atoms with Crippen molar-refractivity contribution in [2.75, 3.05) is 13.1 Å². The number of piperidine rings is 1. The zero-order valence-corrected chi connectivity index (χ0v) is 14.3. The fourth-order valence-electron chi connectivity index (χ4n) is 2.97. The molecular formula is C18H26FNO3. The second kappa shape index (κ2) is 6.87. The van der Waals surface area contributed by atoms with Gasteiger partial charge in [0.25, 0.3) is 0 Å². The van der Waals surface area contributed by atoms with Gasteiger partial charge in [-0.2, -0.15) is 0 Å². The average Bonchev–Trinajstić information content (AvgIpc) is 2.44. The number of nitrogens with zero attached hydrogens (tertiary/aromatic N) is 1. The van der Waals surface area contributed by atoms with Gasteiger partial charge in [0.2, 0.25) is 0 Å². The third kappa shape index (κ3) is 4.93. The maximum atomic E-state index is 13.6. The SMILES string of the molecule is Cc1cc(F)cc([C@H](O)C2CCCN(C(=O)OC(C)(C)C)C2)c1. The van der Waals surface area contributed by atoms with Gasteiger partial charge in [0.1, 0.15) is 11.4 Å². The van der Waals surface area contributed by atoms with Crippen LogP contribution in [-0.2, 0) is 4.74 Å². The molecule has 1 aromatic carbocycles. The summed E-state index contributed by atoms with van der Waals surface area (Å²) in [6.07, 6.45) is 0.463. The molecule has 1 amide bonds. The minimum atomic E-state index is -0.783. The number of carbonyl (C=O) groups excluding carboxylic acids is 1. The van der Waals surface area contributed by atoms with E-state index in [1.165, 1.54) is 12.1 Å². The minimum Gasteiger partial charge on any atom is -0.444 e. The van der Waals surface area contributed by atoms with Crippen molar-refractivity contribution in [3.63, 3.8) is 0 Å². The summed E-state index contributed by atoms with van der Waals surface area (Å²) in [4.78, 5) is 13.8. The van der Waals surface area contributed by atoms with Gasteiger partial charge in [-0.1, -0.05) is 6.07 Å². The van der Waals surface area contributed by atoms with E-state index >= 15 is 0 Å². The number of benzene rings is 1. The molecule has 0 aromatic heterocycles. The first-order valence-corrected chi connectivity index (χ1v) is 8.09. The van der Waals surface area contributed by atoms with Gasteiger partial charge in [0.05, 0.1) is 6.10 Å². The lowest BCUT2D eigenvalue weighted by molar-refractivity contribution is 0.00233. The van der Waals surface area contributed by atoms with Crippen LogP contribution in [0.25, 0.3) is 0 Å². The summed E-state index contributed by atoms with van der Waals surface area (Å²) in [5.41, 5.74) is 0.805. The van der Waals surface area contributed by atoms with Crippen molar-refractivity contribution in [1.29, 1.82) is 0 Å². The molecule has 1 fully saturated rings. The Labute approximate surface area is 137 Å². The molecule has 1 aliphatic rings. The summed E-state index contributed by atoms with van der Waals surface area (Å²) in [7, 11) is 0. The Morgan fingerprint density at radius 2 is 2.09 bits per heavy atom. The van der Waals surface area contributed by atoms with Gasteiger partial charge in [0, 0.05) is 19.0 Å². The predicted molar refractivity (Wildman–Crippen MR) is 86.6 cm³/mol. The molecule has 2 atom stereocenters. The van der Waals surface area contributed by atoms with Crippen LogP contribution in [0.4, 0.5) is 9.18 Å². The second-order valence-electron chi connectivity index (χ2n) is 7.34. The largest absolute Gasteiger partial charge is 0.444 e. The maximum absolute atomic E-state index is 13.6. The fourth-order valence-corrected chi connectivity index (χ4v) is 2.97. The Kier molecular flexibility index (Phi) is 5.30. The average molecular weight is 323 g/mol. The molecule has 1 unspecified atom stereocenters. The van der Waals surface area contributed by atoms with Gasteiger partial charge in [-0.05, 0) is 63.8 Å². The van der Waals surface area contributed by atoms with E-state index in [4.69, 9.17) is 4.74 Å². The molecular weight excluding hydrogens is 297 g/mol. The van der Waals surface area contributed by atoms with Crippen molar-refractivity contribution in [3.8, 4) is 0 Å². The van der Waals surface area contributed by atoms with Crippen molar-refractivity contribution in [2.24, 2.45) is 5.92 Å². The molecule has 23 heavy (non-hydrogen) atoms. The molecule has 5 heteroatoms. The highest BCUT2D eigenvalue weighted by atomic mass is 19.1. The lowest BCUT2D eigenvalue weighted by Gasteiger charge is -2.36. The highest BCUT2D eigenvalue weighted by molar-refractivity contribution is 5.68. The molecule has 1 N–H and O–H groups in total. The standard InChI is InChI=1S/C18H26FNO3/c1-12-8-14(10-15(19)9-12)16(21)13-6-5-7-20(11-13)17(22)23-18(2,3)4/h8-10,13,16,21H,5-7,11H2,1-4H3/t13?,16-/m1/s1. The summed E-state index contributed by atoms with van der Waals surface area (Å²) in [6.45, 7) is 8.34. The van der Waals surface area contributed by atoms with E-state index in [1.54, 1.807) is 17.9 Å². The fraction of sp³-hybridized carbons (Fsp3) is 0.611. The topological polar surface area (TPSA) is 49.8 Å². The van der Waals surface area contributed by atoms with Crippen LogP contribution in [0.5, 0.6) is 0 Å². The van der Waals surface area contributed by atoms with Gasteiger partial charge in [-0.15, -0.1) is 0 Å². The molecule has 0 bridgehead atoms. The summed E-state index contributed by atoms with van der Waals surface area (Å²) in [5.74, 6) is -0.462. The Morgan fingerprint density at radius 1 is 1.39 bits per heavy atom. The van der Waals surface area contributed by atoms with Gasteiger partial charge < -0.3 is 14.7 Å². The Hall–Kier alpha value is -1.62. The Morgan fingerprint density at radius 3 is 2.70 bits per heavy atom. The number of aliphatic hydroxyl groups is 1. The van der Waals surface area contributed by atoms with Crippen molar-refractivity contribution >= 4 is 6.09 Å². The summed E-state index contributed by atoms with van der Waals surface area (Å²) < 4.78 is 18.9. The van der Waals surface area contributed by atoms with Crippen molar-refractivity contribution in [3.05, 3.63) is 35.1 Å². The van der Waals surface area contributed by atoms with Gasteiger partial charge >= 0.3 is 6.09 Å². The van der Waals surface area contributed by atoms with Crippen LogP contribution in [0.2, 0.25) is 0 Å². The second-order valence-corrected chi connectivity index (χ2v) is 7.34. The first-order chi connectivity index (χ1) is 10.7. The molecule has 2 rings (SSSR count). The number of halogens is 1. The zero-order valence-electron chi connectivity index (χ0n) is 14.3. The predicted octanol–water partition coefficient (Wildman–Crippen LogP) is 3.81. The van der Waals surface area contributed by atoms with Crippen LogP contribution < -0.4 is 0 Å². The smallest absolute Gasteiger partial charge is 0.410 e. The van der Waals surface area contributed by atoms with Crippen molar-refractivity contribution in [1.82, 2.24) is 4.90 Å². The molecule has 1 saturated heterocycles. The quantitative estimate of drug-likeness (QED) is 0.900. The molecule has 1 aliphatic heterocycles. The van der Waals surface area contributed by atoms with Crippen LogP contribution >= 0.6 is 0 Å². The van der Waals surface area contributed by atoms with E-state index in [9.17, 15) is 14.3 Å². The monoisotopic (exact) mass is 323 g/mol. The molecule has 0 aliphatic carbocycles. The van der Waals surface area contributed by atoms with E-state index in [0.29, 0.717) is 18.7 Å². The Bertz CT molecular complexity index is 548. The maximum Gasteiger partial charge on any atom is 0.410 e. The van der Waals surface area contributed by atoms with E-state index in [0.717, 1.165) is 18.4 Å². The number of hydrogen-bond acceptors (Lipinski definition) is 3. The molecule has 4 nitrogen and oxygen atoms in total. The van der Waals surface area contributed by atoms with Crippen LogP contribution in [0.3, 0.4) is 0 Å². The summed E-state index contributed by atoms with van der Waals surface area (Å²) >= 11 is 0. The third-order valence-corrected chi connectivity index (χ3v) is 3.96. The van der Waals surface area contributed by atoms with E-state index in [2.05, 4.69) is 0 Å². The lowest BCUT2D eigenvalue weighted by atomic mass is 9.88. The van der Waals surface area contributed by atoms with Crippen LogP contribution in [0.1, 0.15) is 50.8 Å². The molecule has 0 spiro atoms. The van der Waals surface area contributed by atoms with E-state index in [-0.39, 0.29) is 17.8 Å². The number of rotatable bonds is 2. The number of ether oxygens (including phenoxy) is 1. The number of hydrogen-bond donors (Lipinski definition) is 1.